The van der Waals surface area contributed by atoms with Crippen molar-refractivity contribution in [3.8, 4) is 0 Å². The summed E-state index contributed by atoms with van der Waals surface area (Å²) in [5, 5.41) is 8.42. The highest BCUT2D eigenvalue weighted by atomic mass is 15.6. The number of nitrogens with two attached hydrogens (primary N) is 1. The van der Waals surface area contributed by atoms with Crippen molar-refractivity contribution in [3.05, 3.63) is 0 Å². The summed E-state index contributed by atoms with van der Waals surface area (Å²) in [5.41, 5.74) is 4.84. The van der Waals surface area contributed by atoms with E-state index in [1.54, 1.807) is 14.1 Å². The smallest absolute Gasteiger partial charge is 0.219 e. The Balaban J connectivity index is 3.46. The second kappa shape index (κ2) is 3.23. The van der Waals surface area contributed by atoms with Crippen LogP contribution in [-0.2, 0) is 0 Å². The summed E-state index contributed by atoms with van der Waals surface area (Å²) in [7, 11) is 3.38. The minimum absolute atomic E-state index is 0.132. The molecule has 0 bridgehead atoms. The van der Waals surface area contributed by atoms with Gasteiger partial charge in [0.15, 0.2) is 0 Å². The summed E-state index contributed by atoms with van der Waals surface area (Å²) in [5.74, 6) is 5.02. The van der Waals surface area contributed by atoms with Gasteiger partial charge in [0.2, 0.25) is 5.96 Å². The van der Waals surface area contributed by atoms with Crippen molar-refractivity contribution in [3.63, 3.8) is 0 Å². The average molecular weight is 117 g/mol. The fourth-order valence-electron chi connectivity index (χ4n) is 0.209. The molecule has 48 valence electrons. The molecule has 0 aromatic rings. The molecule has 5 nitrogen and oxygen atoms in total. The summed E-state index contributed by atoms with van der Waals surface area (Å²) in [6, 6.07) is 0. The maximum atomic E-state index is 6.97. The molecule has 0 aliphatic carbocycles. The Kier molecular flexibility index (Phi) is 2.90. The maximum absolute atomic E-state index is 6.97. The molecule has 0 atom stereocenters. The monoisotopic (exact) mass is 117 g/mol. The molecule has 0 fully saturated rings. The minimum Gasteiger partial charge on any atom is -0.293 e. The molecule has 5 heteroatoms. The van der Waals surface area contributed by atoms with Crippen molar-refractivity contribution >= 4 is 5.96 Å². The van der Waals surface area contributed by atoms with Crippen LogP contribution in [0.15, 0.2) is 0 Å². The summed E-state index contributed by atoms with van der Waals surface area (Å²) in [4.78, 5) is 0. The fraction of sp³-hybridized carbons (Fsp3) is 0.667. The van der Waals surface area contributed by atoms with Gasteiger partial charge in [-0.25, -0.2) is 11.3 Å². The van der Waals surface area contributed by atoms with Gasteiger partial charge in [0.1, 0.15) is 0 Å². The van der Waals surface area contributed by atoms with Gasteiger partial charge in [-0.15, -0.1) is 0 Å². The Morgan fingerprint density at radius 2 is 2.25 bits per heavy atom. The second-order valence-corrected chi connectivity index (χ2v) is 1.28. The summed E-state index contributed by atoms with van der Waals surface area (Å²) in [6.07, 6.45) is 0. The summed E-state index contributed by atoms with van der Waals surface area (Å²) < 4.78 is 0. The number of nitrogens with one attached hydrogen (secondary N) is 3. The Labute approximate surface area is 48.3 Å². The highest BCUT2D eigenvalue weighted by Crippen LogP contribution is 1.66. The first kappa shape index (κ1) is 7.19. The van der Waals surface area contributed by atoms with E-state index in [1.165, 1.54) is 5.01 Å². The van der Waals surface area contributed by atoms with Gasteiger partial charge in [0.25, 0.3) is 0 Å². The Morgan fingerprint density at radius 1 is 1.75 bits per heavy atom. The largest absolute Gasteiger partial charge is 0.293 e. The number of guanidine groups is 1. The lowest BCUT2D eigenvalue weighted by Crippen LogP contribution is -2.47. The molecule has 0 radical (unpaired) electrons. The molecule has 0 saturated carbocycles. The molecule has 0 aliphatic heterocycles. The average Bonchev–Trinajstić information content (AvgIpc) is 1.84. The zero-order valence-corrected chi connectivity index (χ0v) is 5.02. The maximum Gasteiger partial charge on any atom is 0.219 e. The zero-order valence-electron chi connectivity index (χ0n) is 5.02. The number of hydrogen-bond acceptors (Lipinski definition) is 3. The molecule has 0 unspecified atom stereocenters. The third-order valence-corrected chi connectivity index (χ3v) is 0.808. The van der Waals surface area contributed by atoms with Crippen LogP contribution in [0.1, 0.15) is 0 Å². The number of hydrazine groups is 2. The highest BCUT2D eigenvalue weighted by molar-refractivity contribution is 5.74. The lowest BCUT2D eigenvalue weighted by molar-refractivity contribution is 0.391. The van der Waals surface area contributed by atoms with Gasteiger partial charge < -0.3 is 0 Å². The normalized spacial score (nSPS) is 8.38. The molecule has 0 aliphatic rings. The lowest BCUT2D eigenvalue weighted by atomic mass is 10.9. The van der Waals surface area contributed by atoms with E-state index < -0.39 is 0 Å². The van der Waals surface area contributed by atoms with Crippen LogP contribution >= 0.6 is 0 Å². The van der Waals surface area contributed by atoms with E-state index in [-0.39, 0.29) is 5.96 Å². The molecular weight excluding hydrogens is 106 g/mol. The Hall–Kier alpha value is -0.810. The Bertz CT molecular complexity index is 79.7. The SMILES string of the molecule is CNN(C)C(=N)NN. The van der Waals surface area contributed by atoms with Crippen molar-refractivity contribution < 1.29 is 0 Å². The molecule has 0 spiro atoms. The summed E-state index contributed by atoms with van der Waals surface area (Å²) >= 11 is 0. The van der Waals surface area contributed by atoms with Crippen molar-refractivity contribution in [1.29, 1.82) is 5.41 Å². The van der Waals surface area contributed by atoms with Crippen LogP contribution in [0.2, 0.25) is 0 Å². The van der Waals surface area contributed by atoms with Crippen molar-refractivity contribution in [2.75, 3.05) is 14.1 Å². The summed E-state index contributed by atoms with van der Waals surface area (Å²) in [6.45, 7) is 0. The van der Waals surface area contributed by atoms with Crippen LogP contribution in [0, 0.1) is 5.41 Å². The van der Waals surface area contributed by atoms with Gasteiger partial charge in [-0.1, -0.05) is 0 Å². The van der Waals surface area contributed by atoms with Crippen LogP contribution in [0.3, 0.4) is 0 Å². The first-order valence-electron chi connectivity index (χ1n) is 2.18. The van der Waals surface area contributed by atoms with E-state index in [2.05, 4.69) is 10.9 Å². The van der Waals surface area contributed by atoms with Crippen molar-refractivity contribution in [2.45, 2.75) is 0 Å². The van der Waals surface area contributed by atoms with Gasteiger partial charge in [-0.3, -0.25) is 15.8 Å². The second-order valence-electron chi connectivity index (χ2n) is 1.28. The Morgan fingerprint density at radius 3 is 2.38 bits per heavy atom. The molecule has 0 rings (SSSR count). The van der Waals surface area contributed by atoms with E-state index in [0.717, 1.165) is 0 Å². The number of nitrogens with zero attached hydrogens (tertiary/aromatic N) is 1. The van der Waals surface area contributed by atoms with E-state index >= 15 is 0 Å². The van der Waals surface area contributed by atoms with Gasteiger partial charge in [0, 0.05) is 14.1 Å². The van der Waals surface area contributed by atoms with Crippen molar-refractivity contribution in [1.82, 2.24) is 15.9 Å². The van der Waals surface area contributed by atoms with Gasteiger partial charge in [-0.2, -0.15) is 0 Å². The van der Waals surface area contributed by atoms with E-state index in [9.17, 15) is 0 Å². The fourth-order valence-corrected chi connectivity index (χ4v) is 0.209. The minimum atomic E-state index is 0.132. The number of rotatable bonds is 1. The number of hydrogen-bond donors (Lipinski definition) is 4. The molecule has 0 saturated heterocycles. The van der Waals surface area contributed by atoms with Gasteiger partial charge in [-0.05, 0) is 0 Å². The molecule has 0 heterocycles. The van der Waals surface area contributed by atoms with Crippen LogP contribution in [0.5, 0.6) is 0 Å². The molecule has 0 aromatic carbocycles. The third kappa shape index (κ3) is 1.76. The quantitative estimate of drug-likeness (QED) is 0.145. The first-order valence-corrected chi connectivity index (χ1v) is 2.18. The molecule has 0 amide bonds. The molecule has 5 N–H and O–H groups in total. The van der Waals surface area contributed by atoms with E-state index in [0.29, 0.717) is 0 Å². The van der Waals surface area contributed by atoms with Crippen LogP contribution in [0.4, 0.5) is 0 Å². The first-order chi connectivity index (χ1) is 3.72. The topological polar surface area (TPSA) is 77.2 Å². The van der Waals surface area contributed by atoms with Crippen LogP contribution in [-0.4, -0.2) is 25.1 Å². The lowest BCUT2D eigenvalue weighted by Gasteiger charge is -2.16. The molecular formula is C3H11N5. The third-order valence-electron chi connectivity index (χ3n) is 0.808. The van der Waals surface area contributed by atoms with E-state index in [1.807, 2.05) is 0 Å². The zero-order chi connectivity index (χ0) is 6.57. The predicted octanol–water partition coefficient (Wildman–Crippen LogP) is -1.55. The highest BCUT2D eigenvalue weighted by Gasteiger charge is 1.94. The van der Waals surface area contributed by atoms with Crippen LogP contribution in [0.25, 0.3) is 0 Å². The standard InChI is InChI=1S/C3H11N5/c1-6-8(2)3(4)7-5/h6H,5H2,1-2H3,(H2,4,7). The van der Waals surface area contributed by atoms with Gasteiger partial charge >= 0.3 is 0 Å². The predicted molar refractivity (Wildman–Crippen MR) is 31.9 cm³/mol. The van der Waals surface area contributed by atoms with Crippen molar-refractivity contribution in [2.24, 2.45) is 5.84 Å². The van der Waals surface area contributed by atoms with Crippen LogP contribution < -0.4 is 16.7 Å². The molecule has 8 heavy (non-hydrogen) atoms. The molecule has 0 aromatic heterocycles. The van der Waals surface area contributed by atoms with E-state index in [4.69, 9.17) is 11.3 Å². The van der Waals surface area contributed by atoms with Gasteiger partial charge in [0.05, 0.1) is 0 Å².